The van der Waals surface area contributed by atoms with Crippen molar-refractivity contribution in [2.75, 3.05) is 13.7 Å². The van der Waals surface area contributed by atoms with Gasteiger partial charge in [-0.2, -0.15) is 0 Å². The summed E-state index contributed by atoms with van der Waals surface area (Å²) in [6.45, 7) is 18.1. The number of rotatable bonds is 9. The molecule has 1 rings (SSSR count). The summed E-state index contributed by atoms with van der Waals surface area (Å²) in [5.74, 6) is -0.814. The topological polar surface area (TPSA) is 35.5 Å². The van der Waals surface area contributed by atoms with E-state index in [0.717, 1.165) is 12.8 Å². The molecule has 0 aromatic heterocycles. The number of carbonyl (C=O) groups is 1. The van der Waals surface area contributed by atoms with Gasteiger partial charge in [0.1, 0.15) is 5.82 Å². The van der Waals surface area contributed by atoms with E-state index >= 15 is 0 Å². The maximum Gasteiger partial charge on any atom is 0.316 e. The number of esters is 1. The van der Waals surface area contributed by atoms with E-state index in [4.69, 9.17) is 9.16 Å². The molecular weight excluding hydrogens is 451 g/mol. The number of halogens is 2. The normalized spacial score (nSPS) is 15.1. The van der Waals surface area contributed by atoms with E-state index in [9.17, 15) is 9.18 Å². The van der Waals surface area contributed by atoms with E-state index in [1.165, 1.54) is 7.11 Å². The van der Waals surface area contributed by atoms with Crippen molar-refractivity contribution in [2.45, 2.75) is 84.4 Å². The third kappa shape index (κ3) is 6.63. The van der Waals surface area contributed by atoms with Crippen LogP contribution >= 0.6 is 15.9 Å². The number of carbonyl (C=O) groups excluding carboxylic acids is 1. The van der Waals surface area contributed by atoms with Gasteiger partial charge in [-0.3, -0.25) is 4.79 Å². The lowest BCUT2D eigenvalue weighted by Gasteiger charge is -2.39. The second-order valence-electron chi connectivity index (χ2n) is 10.5. The van der Waals surface area contributed by atoms with Crippen LogP contribution in [-0.4, -0.2) is 28.0 Å². The molecule has 0 bridgehead atoms. The number of hydrogen-bond donors (Lipinski definition) is 0. The number of methoxy groups -OCH3 is 1. The average molecular weight is 490 g/mol. The summed E-state index contributed by atoms with van der Waals surface area (Å²) in [7, 11) is -0.455. The zero-order valence-electron chi connectivity index (χ0n) is 19.5. The van der Waals surface area contributed by atoms with E-state index in [1.54, 1.807) is 25.1 Å². The van der Waals surface area contributed by atoms with Crippen LogP contribution in [0.4, 0.5) is 4.39 Å². The van der Waals surface area contributed by atoms with Crippen LogP contribution in [0.5, 0.6) is 0 Å². The fraction of sp³-hybridized carbons (Fsp3) is 0.696. The Labute approximate surface area is 186 Å². The molecule has 0 spiro atoms. The third-order valence-corrected chi connectivity index (χ3v) is 11.4. The Morgan fingerprint density at radius 2 is 1.69 bits per heavy atom. The maximum absolute atomic E-state index is 14.7. The lowest BCUT2D eigenvalue weighted by molar-refractivity contribution is -0.147. The minimum Gasteiger partial charge on any atom is -0.468 e. The van der Waals surface area contributed by atoms with Crippen molar-refractivity contribution in [1.82, 2.24) is 0 Å². The molecule has 0 heterocycles. The first kappa shape index (κ1) is 26.3. The molecule has 0 aliphatic heterocycles. The Hall–Kier alpha value is -0.723. The van der Waals surface area contributed by atoms with Gasteiger partial charge in [0.15, 0.2) is 8.32 Å². The zero-order valence-corrected chi connectivity index (χ0v) is 22.1. The Bertz CT molecular complexity index is 713. The summed E-state index contributed by atoms with van der Waals surface area (Å²) in [6, 6.07) is 5.06. The van der Waals surface area contributed by atoms with E-state index in [1.807, 2.05) is 0 Å². The fourth-order valence-corrected chi connectivity index (χ4v) is 4.64. The van der Waals surface area contributed by atoms with Crippen LogP contribution in [-0.2, 0) is 19.4 Å². The van der Waals surface area contributed by atoms with Crippen molar-refractivity contribution < 1.29 is 18.3 Å². The van der Waals surface area contributed by atoms with Gasteiger partial charge in [-0.1, -0.05) is 53.2 Å². The Balaban J connectivity index is 2.88. The van der Waals surface area contributed by atoms with Crippen LogP contribution < -0.4 is 0 Å². The summed E-state index contributed by atoms with van der Waals surface area (Å²) in [6.07, 6.45) is 2.16. The predicted molar refractivity (Wildman–Crippen MR) is 124 cm³/mol. The van der Waals surface area contributed by atoms with Gasteiger partial charge < -0.3 is 9.16 Å². The third-order valence-electron chi connectivity index (χ3n) is 6.34. The largest absolute Gasteiger partial charge is 0.468 e. The summed E-state index contributed by atoms with van der Waals surface area (Å²) < 4.78 is 26.6. The maximum atomic E-state index is 14.7. The molecule has 0 aliphatic carbocycles. The highest BCUT2D eigenvalue weighted by Crippen LogP contribution is 2.40. The first-order valence-electron chi connectivity index (χ1n) is 10.2. The lowest BCUT2D eigenvalue weighted by atomic mass is 9.76. The summed E-state index contributed by atoms with van der Waals surface area (Å²) >= 11 is 3.22. The van der Waals surface area contributed by atoms with Crippen molar-refractivity contribution >= 4 is 30.2 Å². The Kier molecular flexibility index (Phi) is 8.72. The smallest absolute Gasteiger partial charge is 0.316 e. The van der Waals surface area contributed by atoms with Gasteiger partial charge in [0.05, 0.1) is 17.0 Å². The molecule has 0 N–H and O–H groups in total. The van der Waals surface area contributed by atoms with Gasteiger partial charge in [0, 0.05) is 12.2 Å². The Morgan fingerprint density at radius 3 is 2.21 bits per heavy atom. The summed E-state index contributed by atoms with van der Waals surface area (Å²) in [5.41, 5.74) is -0.685. The van der Waals surface area contributed by atoms with Crippen LogP contribution in [0.1, 0.15) is 66.4 Å². The first-order valence-corrected chi connectivity index (χ1v) is 13.9. The molecular formula is C23H38BrFO3Si. The second kappa shape index (κ2) is 9.61. The minimum absolute atomic E-state index is 0.0254. The van der Waals surface area contributed by atoms with Gasteiger partial charge in [-0.25, -0.2) is 4.39 Å². The van der Waals surface area contributed by atoms with Crippen molar-refractivity contribution in [3.05, 3.63) is 34.1 Å². The van der Waals surface area contributed by atoms with Crippen LogP contribution in [0.2, 0.25) is 18.1 Å². The van der Waals surface area contributed by atoms with Gasteiger partial charge in [0.25, 0.3) is 0 Å². The van der Waals surface area contributed by atoms with Crippen LogP contribution in [0.25, 0.3) is 0 Å². The summed E-state index contributed by atoms with van der Waals surface area (Å²) in [5, 5.41) is 0.171. The monoisotopic (exact) mass is 488 g/mol. The molecule has 0 saturated carbocycles. The van der Waals surface area contributed by atoms with E-state index in [2.05, 4.69) is 63.6 Å². The van der Waals surface area contributed by atoms with Crippen LogP contribution in [0, 0.1) is 11.2 Å². The second-order valence-corrected chi connectivity index (χ2v) is 16.2. The summed E-state index contributed by atoms with van der Waals surface area (Å²) in [4.78, 5) is 12.6. The highest BCUT2D eigenvalue weighted by molar-refractivity contribution is 9.10. The lowest BCUT2D eigenvalue weighted by Crippen LogP contribution is -2.43. The predicted octanol–water partition coefficient (Wildman–Crippen LogP) is 7.24. The number of benzene rings is 1. The minimum atomic E-state index is -1.81. The first-order chi connectivity index (χ1) is 13.1. The molecule has 1 aromatic carbocycles. The molecule has 1 unspecified atom stereocenters. The van der Waals surface area contributed by atoms with Crippen LogP contribution in [0.15, 0.2) is 22.7 Å². The van der Waals surface area contributed by atoms with Gasteiger partial charge in [-0.15, -0.1) is 0 Å². The standard InChI is InChI=1S/C23H38BrFO3Si/c1-21(2,3)29(8,9)28-16-22(4,5)14-11-15-23(6,20(26)27-7)17-12-10-13-18(24)19(17)25/h10,12-13H,11,14-16H2,1-9H3. The van der Waals surface area contributed by atoms with Crippen molar-refractivity contribution in [1.29, 1.82) is 0 Å². The van der Waals surface area contributed by atoms with Crippen molar-refractivity contribution in [3.63, 3.8) is 0 Å². The molecule has 29 heavy (non-hydrogen) atoms. The van der Waals surface area contributed by atoms with Crippen molar-refractivity contribution in [2.24, 2.45) is 5.41 Å². The van der Waals surface area contributed by atoms with Crippen molar-refractivity contribution in [3.8, 4) is 0 Å². The molecule has 0 amide bonds. The van der Waals surface area contributed by atoms with Gasteiger partial charge >= 0.3 is 5.97 Å². The molecule has 6 heteroatoms. The molecule has 0 aliphatic rings. The molecule has 0 saturated heterocycles. The molecule has 166 valence electrons. The zero-order chi connectivity index (χ0) is 22.7. The number of ether oxygens (including phenoxy) is 1. The van der Waals surface area contributed by atoms with E-state index in [-0.39, 0.29) is 10.5 Å². The quantitative estimate of drug-likeness (QED) is 0.271. The molecule has 0 fully saturated rings. The van der Waals surface area contributed by atoms with E-state index < -0.39 is 25.5 Å². The highest BCUT2D eigenvalue weighted by Gasteiger charge is 2.40. The van der Waals surface area contributed by atoms with Gasteiger partial charge in [0.2, 0.25) is 0 Å². The highest BCUT2D eigenvalue weighted by atomic mass is 79.9. The Morgan fingerprint density at radius 1 is 1.10 bits per heavy atom. The molecule has 1 atom stereocenters. The van der Waals surface area contributed by atoms with Crippen LogP contribution in [0.3, 0.4) is 0 Å². The van der Waals surface area contributed by atoms with E-state index in [0.29, 0.717) is 23.1 Å². The fourth-order valence-electron chi connectivity index (χ4n) is 3.09. The molecule has 3 nitrogen and oxygen atoms in total. The molecule has 0 radical (unpaired) electrons. The SMILES string of the molecule is COC(=O)C(C)(CCCC(C)(C)CO[Si](C)(C)C(C)(C)C)c1cccc(Br)c1F. The van der Waals surface area contributed by atoms with Gasteiger partial charge in [-0.05, 0) is 65.3 Å². The molecule has 1 aromatic rings. The average Bonchev–Trinajstić information content (AvgIpc) is 2.60. The number of hydrogen-bond acceptors (Lipinski definition) is 3.